The fourth-order valence-corrected chi connectivity index (χ4v) is 7.51. The average Bonchev–Trinajstić information content (AvgIpc) is 3.48. The molecule has 0 unspecified atom stereocenters. The van der Waals surface area contributed by atoms with E-state index in [-0.39, 0.29) is 94.9 Å². The van der Waals surface area contributed by atoms with Gasteiger partial charge >= 0.3 is 0 Å². The number of benzene rings is 6. The number of aliphatic hydroxyl groups is 3. The van der Waals surface area contributed by atoms with Crippen LogP contribution in [0.4, 0.5) is 0 Å². The molecule has 0 aliphatic heterocycles. The molecule has 0 saturated carbocycles. The Bertz CT molecular complexity index is 3400. The van der Waals surface area contributed by atoms with Gasteiger partial charge in [-0.25, -0.2) is 0 Å². The van der Waals surface area contributed by atoms with Crippen LogP contribution in [0.25, 0.3) is 67.2 Å². The molecule has 3 heterocycles. The van der Waals surface area contributed by atoms with E-state index in [0.29, 0.717) is 0 Å². The first-order valence-corrected chi connectivity index (χ1v) is 25.4. The molecule has 0 atom stereocenters. The first-order chi connectivity index (χ1) is 37.8. The van der Waals surface area contributed by atoms with Gasteiger partial charge in [-0.3, -0.25) is 14.4 Å². The summed E-state index contributed by atoms with van der Waals surface area (Å²) in [6, 6.07) is 69.5. The van der Waals surface area contributed by atoms with Crippen molar-refractivity contribution in [3.8, 4) is 67.2 Å². The van der Waals surface area contributed by atoms with Gasteiger partial charge in [0.25, 0.3) is 0 Å². The summed E-state index contributed by atoms with van der Waals surface area (Å²) in [5.74, 6) is -0.187. The number of nitrogens with zero attached hydrogens (tertiary/aromatic N) is 3. The fraction of sp³-hybridized carbons (Fsp3) is 0.143. The Kier molecular flexibility index (Phi) is 34.3. The van der Waals surface area contributed by atoms with Crippen LogP contribution in [0.1, 0.15) is 63.8 Å². The number of aliphatic hydroxyl groups excluding tert-OH is 3. The summed E-state index contributed by atoms with van der Waals surface area (Å²) >= 11 is 0. The Balaban J connectivity index is 0.000000517. The molecule has 0 spiro atoms. The van der Waals surface area contributed by atoms with Crippen LogP contribution in [0, 0.1) is 45.9 Å². The Hall–Kier alpha value is -7.65. The van der Waals surface area contributed by atoms with E-state index in [4.69, 9.17) is 15.3 Å². The zero-order valence-corrected chi connectivity index (χ0v) is 54.8. The van der Waals surface area contributed by atoms with Crippen LogP contribution in [0.15, 0.2) is 230 Å². The number of hydrogen-bond donors (Lipinski definition) is 3. The second-order valence-corrected chi connectivity index (χ2v) is 18.4. The number of hydrogen-bond acceptors (Lipinski definition) is 9. The van der Waals surface area contributed by atoms with Crippen molar-refractivity contribution < 1.29 is 90.0 Å². The van der Waals surface area contributed by atoms with Crippen LogP contribution < -0.4 is 0 Å². The van der Waals surface area contributed by atoms with Gasteiger partial charge in [0.05, 0.1) is 17.3 Å². The number of pyridine rings is 3. The number of aromatic nitrogens is 3. The quantitative estimate of drug-likeness (QED) is 0.0729. The molecular formula is C70H68Ir3N3O6-3. The summed E-state index contributed by atoms with van der Waals surface area (Å²) in [7, 11) is 0. The van der Waals surface area contributed by atoms with E-state index < -0.39 is 0 Å². The largest absolute Gasteiger partial charge is 0.512 e. The molecule has 9 rings (SSSR count). The van der Waals surface area contributed by atoms with Gasteiger partial charge in [-0.2, -0.15) is 0 Å². The summed E-state index contributed by atoms with van der Waals surface area (Å²) in [4.78, 5) is 43.4. The SMILES string of the molecule is CC(=O)C=C(C)O.CC(=O)C=C(C)O.CC(=O)C=C(C)O.Cc1ccc(-c2ccnc(-c3[c-]cccc3)c2)c(C)c1.Cc1ccc(-c2ccnc(-c3[c-]cccc3)c2)cc1.Cc1cccc(-c2ccnc(-c3[c-]cccc3)c2)c1.[Ir].[Ir].[Ir]. The average molecular weight is 1620 g/mol. The van der Waals surface area contributed by atoms with Gasteiger partial charge < -0.3 is 30.3 Å². The third kappa shape index (κ3) is 27.7. The molecule has 0 amide bonds. The topological polar surface area (TPSA) is 151 Å². The Morgan fingerprint density at radius 3 is 1.06 bits per heavy atom. The second-order valence-electron chi connectivity index (χ2n) is 18.4. The molecule has 0 saturated heterocycles. The van der Waals surface area contributed by atoms with Crippen LogP contribution in [0.5, 0.6) is 0 Å². The molecule has 6 aromatic carbocycles. The predicted molar refractivity (Wildman–Crippen MR) is 322 cm³/mol. The van der Waals surface area contributed by atoms with E-state index in [9.17, 15) is 14.4 Å². The van der Waals surface area contributed by atoms with Crippen LogP contribution in [0.3, 0.4) is 0 Å². The van der Waals surface area contributed by atoms with Crippen LogP contribution in [0.2, 0.25) is 0 Å². The zero-order valence-electron chi connectivity index (χ0n) is 47.6. The minimum Gasteiger partial charge on any atom is -0.512 e. The summed E-state index contributed by atoms with van der Waals surface area (Å²) in [6.45, 7) is 17.0. The molecule has 0 fully saturated rings. The number of ketones is 3. The van der Waals surface area contributed by atoms with E-state index in [2.05, 4.69) is 152 Å². The summed E-state index contributed by atoms with van der Waals surface area (Å²) in [5, 5.41) is 25.1. The van der Waals surface area contributed by atoms with E-state index in [1.165, 1.54) is 115 Å². The Morgan fingerprint density at radius 1 is 0.366 bits per heavy atom. The molecule has 3 radical (unpaired) electrons. The number of aryl methyl sites for hydroxylation is 4. The molecule has 429 valence electrons. The Morgan fingerprint density at radius 2 is 0.720 bits per heavy atom. The van der Waals surface area contributed by atoms with Crippen molar-refractivity contribution in [2.75, 3.05) is 0 Å². The maximum absolute atomic E-state index is 10.0. The number of carbonyl (C=O) groups excluding carboxylic acids is 3. The Labute approximate surface area is 525 Å². The molecule has 0 bridgehead atoms. The molecule has 3 N–H and O–H groups in total. The van der Waals surface area contributed by atoms with Gasteiger partial charge in [-0.05, 0) is 143 Å². The summed E-state index contributed by atoms with van der Waals surface area (Å²) in [6.07, 6.45) is 9.07. The van der Waals surface area contributed by atoms with Crippen molar-refractivity contribution in [2.24, 2.45) is 0 Å². The van der Waals surface area contributed by atoms with Gasteiger partial charge in [0, 0.05) is 97.1 Å². The van der Waals surface area contributed by atoms with Gasteiger partial charge in [0.15, 0.2) is 17.3 Å². The fourth-order valence-electron chi connectivity index (χ4n) is 7.51. The third-order valence-electron chi connectivity index (χ3n) is 10.9. The van der Waals surface area contributed by atoms with Crippen molar-refractivity contribution in [1.29, 1.82) is 0 Å². The van der Waals surface area contributed by atoms with E-state index >= 15 is 0 Å². The maximum Gasteiger partial charge on any atom is 0.155 e. The second kappa shape index (κ2) is 38.9. The van der Waals surface area contributed by atoms with Crippen molar-refractivity contribution in [1.82, 2.24) is 15.0 Å². The van der Waals surface area contributed by atoms with E-state index in [1.807, 2.05) is 104 Å². The molecule has 3 aromatic heterocycles. The molecule has 9 aromatic rings. The normalized spacial score (nSPS) is 10.3. The molecule has 82 heavy (non-hydrogen) atoms. The minimum absolute atomic E-state index is 0. The first-order valence-electron chi connectivity index (χ1n) is 25.4. The van der Waals surface area contributed by atoms with Gasteiger partial charge in [-0.15, -0.1) is 108 Å². The smallest absolute Gasteiger partial charge is 0.155 e. The first kappa shape index (κ1) is 72.4. The molecule has 0 aliphatic rings. The van der Waals surface area contributed by atoms with Gasteiger partial charge in [0.1, 0.15) is 0 Å². The van der Waals surface area contributed by atoms with E-state index in [0.717, 1.165) is 33.8 Å². The maximum atomic E-state index is 10.0. The van der Waals surface area contributed by atoms with Gasteiger partial charge in [0.2, 0.25) is 0 Å². The molecule has 0 aliphatic carbocycles. The van der Waals surface area contributed by atoms with Crippen LogP contribution >= 0.6 is 0 Å². The number of allylic oxidation sites excluding steroid dienone is 6. The molecular weight excluding hydrogens is 1560 g/mol. The summed E-state index contributed by atoms with van der Waals surface area (Å²) in [5.41, 5.74) is 18.3. The van der Waals surface area contributed by atoms with Crippen molar-refractivity contribution in [3.63, 3.8) is 0 Å². The van der Waals surface area contributed by atoms with Crippen molar-refractivity contribution >= 4 is 17.3 Å². The van der Waals surface area contributed by atoms with E-state index in [1.54, 1.807) is 0 Å². The third-order valence-corrected chi connectivity index (χ3v) is 10.9. The number of carbonyl (C=O) groups is 3. The van der Waals surface area contributed by atoms with Crippen LogP contribution in [-0.4, -0.2) is 47.6 Å². The number of rotatable bonds is 9. The molecule has 12 heteroatoms. The summed E-state index contributed by atoms with van der Waals surface area (Å²) < 4.78 is 0. The van der Waals surface area contributed by atoms with Crippen molar-refractivity contribution in [3.05, 3.63) is 270 Å². The zero-order chi connectivity index (χ0) is 57.7. The predicted octanol–water partition coefficient (Wildman–Crippen LogP) is 17.0. The standard InChI is InChI=1S/C19H16N.2C18H14N.3C5H8O2.3Ir/c1-14-8-9-18(15(2)12-14)17-10-11-20-19(13-17)16-6-4-3-5-7-16;1-14-6-5-9-16(12-14)17-10-11-19-18(13-17)15-7-3-2-4-8-15;1-14-7-9-15(10-8-14)17-11-12-19-18(13-17)16-5-3-2-4-6-16;3*1-4(6)3-5(2)7;;;/h3-6,8-13H,1-2H3;2-7,9-13H,1H3;2-5,7-13H,1H3;3*3,6H,1-2H3;;;/q3*-1;;;;;;. The van der Waals surface area contributed by atoms with Crippen molar-refractivity contribution in [2.45, 2.75) is 69.2 Å². The monoisotopic (exact) mass is 1630 g/mol. The minimum atomic E-state index is -0.125. The van der Waals surface area contributed by atoms with Crippen LogP contribution in [-0.2, 0) is 74.7 Å². The molecule has 9 nitrogen and oxygen atoms in total. The van der Waals surface area contributed by atoms with Gasteiger partial charge in [-0.1, -0.05) is 102 Å².